The SMILES string of the molecule is CC(NC(=O)c1ccc2c(=O)[nH]c(=S)[nH]c2c1)c1ccccc1Br. The number of amides is 1. The fourth-order valence-electron chi connectivity index (χ4n) is 2.49. The highest BCUT2D eigenvalue weighted by atomic mass is 79.9. The van der Waals surface area contributed by atoms with E-state index in [0.29, 0.717) is 16.5 Å². The van der Waals surface area contributed by atoms with Gasteiger partial charge in [-0.3, -0.25) is 14.6 Å². The number of carbonyl (C=O) groups excluding carboxylic acids is 1. The van der Waals surface area contributed by atoms with Gasteiger partial charge in [-0.25, -0.2) is 0 Å². The molecule has 0 saturated heterocycles. The third-order valence-electron chi connectivity index (χ3n) is 3.72. The Balaban J connectivity index is 1.90. The van der Waals surface area contributed by atoms with E-state index in [1.165, 1.54) is 0 Å². The van der Waals surface area contributed by atoms with Crippen LogP contribution in [0, 0.1) is 4.77 Å². The van der Waals surface area contributed by atoms with Crippen molar-refractivity contribution >= 4 is 45.0 Å². The summed E-state index contributed by atoms with van der Waals surface area (Å²) >= 11 is 8.45. The Kier molecular flexibility index (Phi) is 4.64. The molecule has 1 amide bonds. The third-order valence-corrected chi connectivity index (χ3v) is 4.65. The van der Waals surface area contributed by atoms with Crippen LogP contribution in [0.4, 0.5) is 0 Å². The Hall–Kier alpha value is -2.25. The molecular formula is C17H14BrN3O2S. The van der Waals surface area contributed by atoms with Crippen LogP contribution in [0.1, 0.15) is 28.9 Å². The molecule has 0 aliphatic heterocycles. The second-order valence-electron chi connectivity index (χ2n) is 5.39. The summed E-state index contributed by atoms with van der Waals surface area (Å²) in [5, 5.41) is 3.41. The standard InChI is InChI=1S/C17H14BrN3O2S/c1-9(11-4-2-3-5-13(11)18)19-15(22)10-6-7-12-14(8-10)20-17(24)21-16(12)23/h2-9H,1H3,(H,19,22)(H2,20,21,23,24). The summed E-state index contributed by atoms with van der Waals surface area (Å²) in [6, 6.07) is 12.4. The highest BCUT2D eigenvalue weighted by molar-refractivity contribution is 9.10. The second kappa shape index (κ2) is 6.70. The molecule has 7 heteroatoms. The quantitative estimate of drug-likeness (QED) is 0.581. The molecule has 3 aromatic rings. The van der Waals surface area contributed by atoms with E-state index in [-0.39, 0.29) is 22.3 Å². The summed E-state index contributed by atoms with van der Waals surface area (Å²) in [6.07, 6.45) is 0. The van der Waals surface area contributed by atoms with Crippen LogP contribution in [0.15, 0.2) is 51.7 Å². The van der Waals surface area contributed by atoms with Gasteiger partial charge in [0.15, 0.2) is 4.77 Å². The van der Waals surface area contributed by atoms with Crippen molar-refractivity contribution < 1.29 is 4.79 Å². The zero-order valence-corrected chi connectivity index (χ0v) is 15.1. The van der Waals surface area contributed by atoms with E-state index in [1.54, 1.807) is 18.2 Å². The number of hydrogen-bond acceptors (Lipinski definition) is 3. The molecule has 24 heavy (non-hydrogen) atoms. The third kappa shape index (κ3) is 3.32. The van der Waals surface area contributed by atoms with E-state index in [2.05, 4.69) is 31.2 Å². The number of H-pyrrole nitrogens is 2. The van der Waals surface area contributed by atoms with Crippen LogP contribution in [0.2, 0.25) is 0 Å². The lowest BCUT2D eigenvalue weighted by atomic mass is 10.1. The van der Waals surface area contributed by atoms with Crippen LogP contribution in [0.5, 0.6) is 0 Å². The van der Waals surface area contributed by atoms with Crippen molar-refractivity contribution in [2.45, 2.75) is 13.0 Å². The molecular weight excluding hydrogens is 390 g/mol. The summed E-state index contributed by atoms with van der Waals surface area (Å²) in [4.78, 5) is 29.7. The lowest BCUT2D eigenvalue weighted by Crippen LogP contribution is -2.27. The molecule has 0 aliphatic carbocycles. The Morgan fingerprint density at radius 1 is 1.21 bits per heavy atom. The summed E-state index contributed by atoms with van der Waals surface area (Å²) in [5.74, 6) is -0.222. The maximum absolute atomic E-state index is 12.5. The smallest absolute Gasteiger partial charge is 0.259 e. The Bertz CT molecular complexity index is 1040. The van der Waals surface area contributed by atoms with Crippen LogP contribution in [-0.2, 0) is 0 Å². The maximum Gasteiger partial charge on any atom is 0.259 e. The van der Waals surface area contributed by atoms with Crippen LogP contribution >= 0.6 is 28.1 Å². The molecule has 0 aliphatic rings. The van der Waals surface area contributed by atoms with Gasteiger partial charge < -0.3 is 10.3 Å². The molecule has 0 radical (unpaired) electrons. The Morgan fingerprint density at radius 2 is 1.96 bits per heavy atom. The zero-order valence-electron chi connectivity index (χ0n) is 12.7. The van der Waals surface area contributed by atoms with Gasteiger partial charge in [0, 0.05) is 10.0 Å². The molecule has 1 heterocycles. The van der Waals surface area contributed by atoms with E-state index in [9.17, 15) is 9.59 Å². The van der Waals surface area contributed by atoms with E-state index >= 15 is 0 Å². The zero-order chi connectivity index (χ0) is 17.3. The van der Waals surface area contributed by atoms with E-state index in [4.69, 9.17) is 12.2 Å². The summed E-state index contributed by atoms with van der Waals surface area (Å²) < 4.78 is 1.17. The number of nitrogens with one attached hydrogen (secondary N) is 3. The number of aromatic nitrogens is 2. The molecule has 5 nitrogen and oxygen atoms in total. The van der Waals surface area contributed by atoms with Gasteiger partial charge in [-0.15, -0.1) is 0 Å². The fraction of sp³-hybridized carbons (Fsp3) is 0.118. The van der Waals surface area contributed by atoms with Crippen molar-refractivity contribution in [3.05, 3.63) is 73.2 Å². The molecule has 122 valence electrons. The molecule has 3 N–H and O–H groups in total. The summed E-state index contributed by atoms with van der Waals surface area (Å²) in [7, 11) is 0. The highest BCUT2D eigenvalue weighted by Gasteiger charge is 2.14. The molecule has 0 spiro atoms. The number of benzene rings is 2. The molecule has 1 atom stereocenters. The normalized spacial score (nSPS) is 12.1. The van der Waals surface area contributed by atoms with E-state index in [0.717, 1.165) is 10.0 Å². The predicted molar refractivity (Wildman–Crippen MR) is 99.8 cm³/mol. The van der Waals surface area contributed by atoms with Crippen LogP contribution in [0.3, 0.4) is 0 Å². The molecule has 1 unspecified atom stereocenters. The Labute approximate surface area is 151 Å². The van der Waals surface area contributed by atoms with E-state index in [1.807, 2.05) is 31.2 Å². The average Bonchev–Trinajstić information content (AvgIpc) is 2.54. The average molecular weight is 404 g/mol. The van der Waals surface area contributed by atoms with Crippen LogP contribution < -0.4 is 10.9 Å². The second-order valence-corrected chi connectivity index (χ2v) is 6.65. The Morgan fingerprint density at radius 3 is 2.71 bits per heavy atom. The topological polar surface area (TPSA) is 77.8 Å². The first-order chi connectivity index (χ1) is 11.5. The lowest BCUT2D eigenvalue weighted by molar-refractivity contribution is 0.0940. The minimum atomic E-state index is -0.276. The van der Waals surface area contributed by atoms with Gasteiger partial charge in [-0.05, 0) is 49.0 Å². The van der Waals surface area contributed by atoms with Crippen molar-refractivity contribution in [3.8, 4) is 0 Å². The highest BCUT2D eigenvalue weighted by Crippen LogP contribution is 2.23. The van der Waals surface area contributed by atoms with Gasteiger partial charge in [-0.1, -0.05) is 34.1 Å². The molecule has 0 bridgehead atoms. The van der Waals surface area contributed by atoms with Crippen LogP contribution in [-0.4, -0.2) is 15.9 Å². The molecule has 0 fully saturated rings. The van der Waals surface area contributed by atoms with Crippen molar-refractivity contribution in [1.29, 1.82) is 0 Å². The maximum atomic E-state index is 12.5. The van der Waals surface area contributed by atoms with Gasteiger partial charge >= 0.3 is 0 Å². The first-order valence-electron chi connectivity index (χ1n) is 7.27. The number of fused-ring (bicyclic) bond motifs is 1. The van der Waals surface area contributed by atoms with Gasteiger partial charge in [0.2, 0.25) is 0 Å². The minimum absolute atomic E-state index is 0.165. The predicted octanol–water partition coefficient (Wildman–Crippen LogP) is 3.84. The van der Waals surface area contributed by atoms with Crippen molar-refractivity contribution in [2.75, 3.05) is 0 Å². The van der Waals surface area contributed by atoms with Gasteiger partial charge in [0.25, 0.3) is 11.5 Å². The number of aromatic amines is 2. The summed E-state index contributed by atoms with van der Waals surface area (Å²) in [5.41, 5.74) is 1.70. The van der Waals surface area contributed by atoms with Crippen molar-refractivity contribution in [2.24, 2.45) is 0 Å². The van der Waals surface area contributed by atoms with Crippen molar-refractivity contribution in [3.63, 3.8) is 0 Å². The molecule has 2 aromatic carbocycles. The first kappa shape index (κ1) is 16.6. The van der Waals surface area contributed by atoms with Crippen molar-refractivity contribution in [1.82, 2.24) is 15.3 Å². The number of carbonyl (C=O) groups is 1. The monoisotopic (exact) mass is 403 g/mol. The number of rotatable bonds is 3. The molecule has 1 aromatic heterocycles. The fourth-order valence-corrected chi connectivity index (χ4v) is 3.33. The van der Waals surface area contributed by atoms with Gasteiger partial charge in [0.1, 0.15) is 0 Å². The minimum Gasteiger partial charge on any atom is -0.345 e. The van der Waals surface area contributed by atoms with Crippen LogP contribution in [0.25, 0.3) is 10.9 Å². The molecule has 0 saturated carbocycles. The first-order valence-corrected chi connectivity index (χ1v) is 8.47. The van der Waals surface area contributed by atoms with Gasteiger partial charge in [0.05, 0.1) is 16.9 Å². The summed E-state index contributed by atoms with van der Waals surface area (Å²) in [6.45, 7) is 1.91. The largest absolute Gasteiger partial charge is 0.345 e. The molecule has 3 rings (SSSR count). The lowest BCUT2D eigenvalue weighted by Gasteiger charge is -2.16. The number of hydrogen-bond donors (Lipinski definition) is 3. The number of halogens is 1. The van der Waals surface area contributed by atoms with Gasteiger partial charge in [-0.2, -0.15) is 0 Å². The van der Waals surface area contributed by atoms with E-state index < -0.39 is 0 Å².